The van der Waals surface area contributed by atoms with Crippen LogP contribution in [-0.2, 0) is 24.8 Å². The largest absolute Gasteiger partial charge is 0.508 e. The average Bonchev–Trinajstić information content (AvgIpc) is 3.03. The van der Waals surface area contributed by atoms with Crippen molar-refractivity contribution in [3.63, 3.8) is 0 Å². The second-order valence-corrected chi connectivity index (χ2v) is 8.61. The molecular formula is C25H30N2O. The first kappa shape index (κ1) is 17.8. The Morgan fingerprint density at radius 2 is 1.93 bits per heavy atom. The highest BCUT2D eigenvalue weighted by molar-refractivity contribution is 5.86. The zero-order chi connectivity index (χ0) is 19.3. The Balaban J connectivity index is 1.71. The summed E-state index contributed by atoms with van der Waals surface area (Å²) in [6.45, 7) is 8.97. The Morgan fingerprint density at radius 3 is 2.71 bits per heavy atom. The molecule has 1 aliphatic heterocycles. The van der Waals surface area contributed by atoms with Crippen molar-refractivity contribution in [2.24, 2.45) is 5.92 Å². The Hall–Kier alpha value is -2.26. The normalized spacial score (nSPS) is 24.9. The minimum absolute atomic E-state index is 0.124. The van der Waals surface area contributed by atoms with Gasteiger partial charge in [-0.2, -0.15) is 0 Å². The minimum Gasteiger partial charge on any atom is -0.508 e. The van der Waals surface area contributed by atoms with Gasteiger partial charge in [0.15, 0.2) is 0 Å². The number of phenols is 1. The van der Waals surface area contributed by atoms with Crippen molar-refractivity contribution >= 4 is 10.9 Å². The summed E-state index contributed by atoms with van der Waals surface area (Å²) in [6, 6.07) is 17.0. The van der Waals surface area contributed by atoms with E-state index in [1.165, 1.54) is 28.6 Å². The average molecular weight is 375 g/mol. The van der Waals surface area contributed by atoms with Gasteiger partial charge in [0.05, 0.1) is 0 Å². The topological polar surface area (TPSA) is 28.4 Å². The Labute approximate surface area is 167 Å². The Morgan fingerprint density at radius 1 is 1.07 bits per heavy atom. The van der Waals surface area contributed by atoms with E-state index >= 15 is 0 Å². The van der Waals surface area contributed by atoms with E-state index in [-0.39, 0.29) is 5.41 Å². The second-order valence-electron chi connectivity index (χ2n) is 8.61. The van der Waals surface area contributed by atoms with Gasteiger partial charge in [0, 0.05) is 35.1 Å². The van der Waals surface area contributed by atoms with Crippen molar-refractivity contribution < 1.29 is 5.11 Å². The predicted octanol–water partition coefficient (Wildman–Crippen LogP) is 4.75. The number of nitrogens with zero attached hydrogens (tertiary/aromatic N) is 2. The molecule has 1 N–H and O–H groups in total. The van der Waals surface area contributed by atoms with Gasteiger partial charge in [0.1, 0.15) is 5.75 Å². The summed E-state index contributed by atoms with van der Waals surface area (Å²) in [7, 11) is 0. The number of aromatic hydroxyl groups is 1. The third-order valence-electron chi connectivity index (χ3n) is 7.45. The molecule has 2 atom stereocenters. The number of para-hydroxylation sites is 1. The van der Waals surface area contributed by atoms with E-state index in [1.54, 1.807) is 11.6 Å². The minimum atomic E-state index is 0.124. The number of aryl methyl sites for hydroxylation is 1. The number of benzene rings is 2. The van der Waals surface area contributed by atoms with Crippen molar-refractivity contribution in [3.05, 3.63) is 65.4 Å². The third-order valence-corrected chi connectivity index (χ3v) is 7.45. The summed E-state index contributed by atoms with van der Waals surface area (Å²) in [5, 5.41) is 11.7. The molecule has 5 rings (SSSR count). The number of hydrogen-bond acceptors (Lipinski definition) is 2. The monoisotopic (exact) mass is 374 g/mol. The maximum absolute atomic E-state index is 10.2. The third kappa shape index (κ3) is 2.52. The summed E-state index contributed by atoms with van der Waals surface area (Å²) in [4.78, 5) is 2.61. The highest BCUT2D eigenvalue weighted by atomic mass is 16.3. The fraction of sp³-hybridized carbons (Fsp3) is 0.440. The molecule has 0 saturated carbocycles. The number of rotatable bonds is 3. The van der Waals surface area contributed by atoms with Crippen LogP contribution in [0.1, 0.15) is 37.1 Å². The Kier molecular flexibility index (Phi) is 4.24. The van der Waals surface area contributed by atoms with E-state index in [0.29, 0.717) is 11.7 Å². The van der Waals surface area contributed by atoms with Crippen LogP contribution in [0.5, 0.6) is 5.75 Å². The van der Waals surface area contributed by atoms with E-state index in [1.807, 2.05) is 12.1 Å². The number of aromatic nitrogens is 1. The smallest absolute Gasteiger partial charge is 0.115 e. The predicted molar refractivity (Wildman–Crippen MR) is 115 cm³/mol. The van der Waals surface area contributed by atoms with Crippen LogP contribution in [0.4, 0.5) is 0 Å². The second kappa shape index (κ2) is 6.66. The molecule has 2 unspecified atom stereocenters. The van der Waals surface area contributed by atoms with Crippen LogP contribution in [0.3, 0.4) is 0 Å². The quantitative estimate of drug-likeness (QED) is 0.717. The maximum atomic E-state index is 10.2. The van der Waals surface area contributed by atoms with Crippen molar-refractivity contribution in [2.75, 3.05) is 19.6 Å². The first-order chi connectivity index (χ1) is 13.7. The van der Waals surface area contributed by atoms with Crippen LogP contribution in [0.25, 0.3) is 10.9 Å². The van der Waals surface area contributed by atoms with Crippen LogP contribution >= 0.6 is 0 Å². The summed E-state index contributed by atoms with van der Waals surface area (Å²) in [5.74, 6) is 0.983. The number of hydrogen-bond donors (Lipinski definition) is 1. The molecule has 0 amide bonds. The molecule has 0 radical (unpaired) electrons. The zero-order valence-electron chi connectivity index (χ0n) is 17.0. The molecule has 3 nitrogen and oxygen atoms in total. The first-order valence-electron chi connectivity index (χ1n) is 10.8. The van der Waals surface area contributed by atoms with Gasteiger partial charge in [-0.15, -0.1) is 0 Å². The number of likely N-dealkylation sites (tertiary alicyclic amines) is 1. The maximum Gasteiger partial charge on any atom is 0.115 e. The van der Waals surface area contributed by atoms with E-state index in [4.69, 9.17) is 0 Å². The van der Waals surface area contributed by atoms with E-state index < -0.39 is 0 Å². The van der Waals surface area contributed by atoms with Gasteiger partial charge >= 0.3 is 0 Å². The highest BCUT2D eigenvalue weighted by Gasteiger charge is 2.48. The SMILES string of the molecule is CCN1CCC2(c3cccc(O)c3)Cc3c(c4ccccc4n3CC)CC2C1. The number of fused-ring (bicyclic) bond motifs is 4. The number of piperidine rings is 1. The standard InChI is InChI=1S/C25H30N2O/c1-3-26-13-12-25(18-8-7-9-20(28)14-18)16-24-22(15-19(25)17-26)21-10-5-6-11-23(21)27(24)4-2/h5-11,14,19,28H,3-4,12-13,15-17H2,1-2H3. The van der Waals surface area contributed by atoms with Crippen molar-refractivity contribution in [1.82, 2.24) is 9.47 Å². The summed E-state index contributed by atoms with van der Waals surface area (Å²) < 4.78 is 2.54. The fourth-order valence-electron chi connectivity index (χ4n) is 5.98. The lowest BCUT2D eigenvalue weighted by Crippen LogP contribution is -2.53. The van der Waals surface area contributed by atoms with Gasteiger partial charge in [0.2, 0.25) is 0 Å². The zero-order valence-corrected chi connectivity index (χ0v) is 17.0. The molecule has 1 aliphatic carbocycles. The van der Waals surface area contributed by atoms with E-state index in [0.717, 1.165) is 39.0 Å². The molecule has 0 spiro atoms. The molecule has 0 bridgehead atoms. The molecule has 3 aromatic rings. The number of phenolic OH excluding ortho intramolecular Hbond substituents is 1. The van der Waals surface area contributed by atoms with E-state index in [9.17, 15) is 5.11 Å². The first-order valence-corrected chi connectivity index (χ1v) is 10.8. The molecular weight excluding hydrogens is 344 g/mol. The van der Waals surface area contributed by atoms with Gasteiger partial charge in [-0.05, 0) is 74.5 Å². The van der Waals surface area contributed by atoms with Gasteiger partial charge in [-0.1, -0.05) is 37.3 Å². The fourth-order valence-corrected chi connectivity index (χ4v) is 5.98. The van der Waals surface area contributed by atoms with Gasteiger partial charge in [-0.25, -0.2) is 0 Å². The summed E-state index contributed by atoms with van der Waals surface area (Å²) >= 11 is 0. The lowest BCUT2D eigenvalue weighted by molar-refractivity contribution is 0.0843. The lowest BCUT2D eigenvalue weighted by Gasteiger charge is -2.51. The summed E-state index contributed by atoms with van der Waals surface area (Å²) in [5.41, 5.74) is 5.92. The van der Waals surface area contributed by atoms with Gasteiger partial charge < -0.3 is 14.6 Å². The van der Waals surface area contributed by atoms with Crippen LogP contribution in [0, 0.1) is 5.92 Å². The molecule has 2 heterocycles. The highest BCUT2D eigenvalue weighted by Crippen LogP contribution is 2.50. The molecule has 28 heavy (non-hydrogen) atoms. The van der Waals surface area contributed by atoms with Crippen molar-refractivity contribution in [1.29, 1.82) is 0 Å². The molecule has 146 valence electrons. The van der Waals surface area contributed by atoms with Crippen molar-refractivity contribution in [3.8, 4) is 5.75 Å². The molecule has 1 fully saturated rings. The molecule has 1 saturated heterocycles. The van der Waals surface area contributed by atoms with E-state index in [2.05, 4.69) is 53.6 Å². The Bertz CT molecular complexity index is 1020. The summed E-state index contributed by atoms with van der Waals surface area (Å²) in [6.07, 6.45) is 3.38. The van der Waals surface area contributed by atoms with Gasteiger partial charge in [-0.3, -0.25) is 0 Å². The molecule has 3 heteroatoms. The molecule has 2 aliphatic rings. The van der Waals surface area contributed by atoms with Crippen molar-refractivity contribution in [2.45, 2.75) is 45.1 Å². The van der Waals surface area contributed by atoms with Crippen LogP contribution in [0.15, 0.2) is 48.5 Å². The lowest BCUT2D eigenvalue weighted by atomic mass is 9.58. The molecule has 1 aromatic heterocycles. The van der Waals surface area contributed by atoms with Crippen LogP contribution in [0.2, 0.25) is 0 Å². The molecule has 2 aromatic carbocycles. The van der Waals surface area contributed by atoms with Gasteiger partial charge in [0.25, 0.3) is 0 Å². The van der Waals surface area contributed by atoms with Crippen LogP contribution < -0.4 is 0 Å². The van der Waals surface area contributed by atoms with Crippen LogP contribution in [-0.4, -0.2) is 34.2 Å².